The van der Waals surface area contributed by atoms with Gasteiger partial charge in [-0.3, -0.25) is 4.79 Å². The number of benzene rings is 3. The summed E-state index contributed by atoms with van der Waals surface area (Å²) in [4.78, 5) is 22.1. The summed E-state index contributed by atoms with van der Waals surface area (Å²) in [5, 5.41) is 4.01. The largest absolute Gasteiger partial charge is 0.322 e. The van der Waals surface area contributed by atoms with E-state index >= 15 is 0 Å². The number of aromatic nitrogens is 2. The van der Waals surface area contributed by atoms with Gasteiger partial charge in [0.25, 0.3) is 5.91 Å². The van der Waals surface area contributed by atoms with Gasteiger partial charge in [-0.05, 0) is 61.4 Å². The van der Waals surface area contributed by atoms with Crippen molar-refractivity contribution in [1.82, 2.24) is 14.7 Å². The Morgan fingerprint density at radius 3 is 2.60 bits per heavy atom. The van der Waals surface area contributed by atoms with Gasteiger partial charge < -0.3 is 9.62 Å². The fraction of sp³-hybridized carbons (Fsp3) is 0.250. The normalized spacial score (nSPS) is 13.2. The van der Waals surface area contributed by atoms with Crippen molar-refractivity contribution >= 4 is 40.3 Å². The molecule has 0 radical (unpaired) electrons. The number of carbonyl (C=O) groups excluding carboxylic acids is 1. The van der Waals surface area contributed by atoms with Gasteiger partial charge in [0, 0.05) is 59.3 Å². The molecule has 1 aliphatic rings. The Bertz CT molecular complexity index is 1290. The SMILES string of the molecule is CCC.Cc1ccc(NC(=O)c2ccc(N3CCCNS3)cc2)cc1-c1ncc2ccccc2n1. The van der Waals surface area contributed by atoms with Crippen molar-refractivity contribution in [2.75, 3.05) is 22.7 Å². The number of amides is 1. The molecule has 2 heterocycles. The predicted octanol–water partition coefficient (Wildman–Crippen LogP) is 6.64. The molecule has 1 aromatic heterocycles. The predicted molar refractivity (Wildman–Crippen MR) is 148 cm³/mol. The van der Waals surface area contributed by atoms with Crippen LogP contribution in [0.2, 0.25) is 0 Å². The van der Waals surface area contributed by atoms with E-state index in [0.717, 1.165) is 47.2 Å². The molecule has 3 aromatic carbocycles. The average molecular weight is 486 g/mol. The van der Waals surface area contributed by atoms with Gasteiger partial charge in [-0.1, -0.05) is 44.5 Å². The number of carbonyl (C=O) groups is 1. The molecule has 0 bridgehead atoms. The number of hydrogen-bond acceptors (Lipinski definition) is 6. The lowest BCUT2D eigenvalue weighted by Crippen LogP contribution is -2.29. The average Bonchev–Trinajstić information content (AvgIpc) is 2.90. The van der Waals surface area contributed by atoms with Crippen LogP contribution >= 0.6 is 12.1 Å². The van der Waals surface area contributed by atoms with Crippen molar-refractivity contribution in [3.8, 4) is 11.4 Å². The molecule has 1 fully saturated rings. The second-order valence-corrected chi connectivity index (χ2v) is 9.34. The molecule has 1 aliphatic heterocycles. The summed E-state index contributed by atoms with van der Waals surface area (Å²) < 4.78 is 5.48. The number of fused-ring (bicyclic) bond motifs is 1. The van der Waals surface area contributed by atoms with Crippen LogP contribution in [-0.4, -0.2) is 29.0 Å². The second kappa shape index (κ2) is 11.8. The van der Waals surface area contributed by atoms with Crippen LogP contribution in [0.3, 0.4) is 0 Å². The van der Waals surface area contributed by atoms with Crippen molar-refractivity contribution in [3.63, 3.8) is 0 Å². The monoisotopic (exact) mass is 485 g/mol. The van der Waals surface area contributed by atoms with Crippen LogP contribution in [0.1, 0.15) is 42.6 Å². The summed E-state index contributed by atoms with van der Waals surface area (Å²) in [6.45, 7) is 8.28. The molecule has 35 heavy (non-hydrogen) atoms. The van der Waals surface area contributed by atoms with Crippen LogP contribution < -0.4 is 14.3 Å². The third-order valence-corrected chi connectivity index (χ3v) is 6.40. The van der Waals surface area contributed by atoms with Crippen LogP contribution in [0.15, 0.2) is 72.9 Å². The van der Waals surface area contributed by atoms with Gasteiger partial charge in [-0.15, -0.1) is 0 Å². The lowest BCUT2D eigenvalue weighted by Gasteiger charge is -2.27. The van der Waals surface area contributed by atoms with Gasteiger partial charge >= 0.3 is 0 Å². The fourth-order valence-electron chi connectivity index (χ4n) is 3.67. The van der Waals surface area contributed by atoms with Gasteiger partial charge in [-0.2, -0.15) is 0 Å². The van der Waals surface area contributed by atoms with Crippen LogP contribution in [-0.2, 0) is 0 Å². The number of hydrogen-bond donors (Lipinski definition) is 2. The minimum atomic E-state index is -0.143. The minimum Gasteiger partial charge on any atom is -0.322 e. The van der Waals surface area contributed by atoms with Crippen molar-refractivity contribution in [2.24, 2.45) is 0 Å². The fourth-order valence-corrected chi connectivity index (χ4v) is 4.51. The van der Waals surface area contributed by atoms with Gasteiger partial charge in [0.1, 0.15) is 0 Å². The molecule has 1 saturated heterocycles. The third kappa shape index (κ3) is 6.18. The number of aryl methyl sites for hydroxylation is 1. The molecule has 0 saturated carbocycles. The Hall–Kier alpha value is -3.42. The molecule has 0 unspecified atom stereocenters. The molecule has 6 nitrogen and oxygen atoms in total. The van der Waals surface area contributed by atoms with E-state index in [1.54, 1.807) is 12.1 Å². The number of anilines is 2. The number of nitrogens with one attached hydrogen (secondary N) is 2. The first kappa shape index (κ1) is 24.7. The highest BCUT2D eigenvalue weighted by Crippen LogP contribution is 2.27. The van der Waals surface area contributed by atoms with Crippen molar-refractivity contribution in [3.05, 3.63) is 84.1 Å². The molecule has 5 rings (SSSR count). The van der Waals surface area contributed by atoms with Crippen molar-refractivity contribution in [1.29, 1.82) is 0 Å². The van der Waals surface area contributed by atoms with Crippen LogP contribution in [0.25, 0.3) is 22.3 Å². The zero-order valence-electron chi connectivity index (χ0n) is 20.4. The second-order valence-electron chi connectivity index (χ2n) is 8.43. The maximum absolute atomic E-state index is 12.8. The Morgan fingerprint density at radius 2 is 1.86 bits per heavy atom. The summed E-state index contributed by atoms with van der Waals surface area (Å²) in [7, 11) is 0. The Kier molecular flexibility index (Phi) is 8.34. The van der Waals surface area contributed by atoms with E-state index in [1.807, 2.05) is 79.9 Å². The molecule has 0 aliphatic carbocycles. The molecule has 180 valence electrons. The van der Waals surface area contributed by atoms with E-state index in [4.69, 9.17) is 4.98 Å². The van der Waals surface area contributed by atoms with Gasteiger partial charge in [-0.25, -0.2) is 14.7 Å². The summed E-state index contributed by atoms with van der Waals surface area (Å²) in [5.41, 5.74) is 5.27. The number of nitrogens with zero attached hydrogens (tertiary/aromatic N) is 3. The molecular weight excluding hydrogens is 454 g/mol. The Labute approximate surface area is 211 Å². The van der Waals surface area contributed by atoms with Crippen molar-refractivity contribution < 1.29 is 4.79 Å². The summed E-state index contributed by atoms with van der Waals surface area (Å²) in [6.07, 6.45) is 4.19. The zero-order chi connectivity index (χ0) is 24.6. The van der Waals surface area contributed by atoms with E-state index in [2.05, 4.69) is 33.2 Å². The molecule has 0 atom stereocenters. The quantitative estimate of drug-likeness (QED) is 0.316. The zero-order valence-corrected chi connectivity index (χ0v) is 21.2. The highest BCUT2D eigenvalue weighted by molar-refractivity contribution is 7.98. The molecule has 0 spiro atoms. The van der Waals surface area contributed by atoms with Gasteiger partial charge in [0.2, 0.25) is 0 Å². The van der Waals surface area contributed by atoms with E-state index in [9.17, 15) is 4.79 Å². The van der Waals surface area contributed by atoms with E-state index in [0.29, 0.717) is 17.1 Å². The molecule has 7 heteroatoms. The van der Waals surface area contributed by atoms with E-state index in [-0.39, 0.29) is 5.91 Å². The lowest BCUT2D eigenvalue weighted by atomic mass is 10.1. The molecule has 1 amide bonds. The van der Waals surface area contributed by atoms with Gasteiger partial charge in [0.05, 0.1) is 5.52 Å². The van der Waals surface area contributed by atoms with Crippen molar-refractivity contribution in [2.45, 2.75) is 33.6 Å². The Balaban J connectivity index is 0.000000917. The standard InChI is InChI=1S/C25H23N5OS.C3H8/c1-17-7-10-20(15-22(17)24-26-16-19-5-2-3-6-23(19)29-24)28-25(31)18-8-11-21(12-9-18)30-14-4-13-27-32-30;1-3-2/h2-3,5-12,15-16,27H,4,13-14H2,1H3,(H,28,31);3H2,1-2H3. The van der Waals surface area contributed by atoms with Crippen LogP contribution in [0.4, 0.5) is 11.4 Å². The van der Waals surface area contributed by atoms with E-state index < -0.39 is 0 Å². The first-order chi connectivity index (χ1) is 17.1. The summed E-state index contributed by atoms with van der Waals surface area (Å²) >= 11 is 1.61. The van der Waals surface area contributed by atoms with Crippen LogP contribution in [0, 0.1) is 6.92 Å². The molecule has 2 N–H and O–H groups in total. The first-order valence-corrected chi connectivity index (χ1v) is 12.8. The topological polar surface area (TPSA) is 70.2 Å². The van der Waals surface area contributed by atoms with Gasteiger partial charge in [0.15, 0.2) is 5.82 Å². The molecular formula is C28H31N5OS. The summed E-state index contributed by atoms with van der Waals surface area (Å²) in [5.74, 6) is 0.504. The summed E-state index contributed by atoms with van der Waals surface area (Å²) in [6, 6.07) is 21.4. The third-order valence-electron chi connectivity index (χ3n) is 5.46. The molecule has 4 aromatic rings. The highest BCUT2D eigenvalue weighted by atomic mass is 32.2. The van der Waals surface area contributed by atoms with Crippen LogP contribution in [0.5, 0.6) is 0 Å². The number of para-hydroxylation sites is 1. The highest BCUT2D eigenvalue weighted by Gasteiger charge is 2.14. The lowest BCUT2D eigenvalue weighted by molar-refractivity contribution is 0.102. The first-order valence-electron chi connectivity index (χ1n) is 12.0. The maximum Gasteiger partial charge on any atom is 0.255 e. The Morgan fingerprint density at radius 1 is 1.09 bits per heavy atom. The number of rotatable bonds is 4. The van der Waals surface area contributed by atoms with E-state index in [1.165, 1.54) is 6.42 Å². The smallest absolute Gasteiger partial charge is 0.255 e. The maximum atomic E-state index is 12.8. The minimum absolute atomic E-state index is 0.143.